The lowest BCUT2D eigenvalue weighted by Crippen LogP contribution is -2.10. The Morgan fingerprint density at radius 2 is 0.983 bits per heavy atom. The van der Waals surface area contributed by atoms with Crippen molar-refractivity contribution < 1.29 is 4.42 Å². The molecule has 0 amide bonds. The fourth-order valence-electron chi connectivity index (χ4n) is 9.03. The normalized spacial score (nSPS) is 11.8. The van der Waals surface area contributed by atoms with Crippen molar-refractivity contribution in [3.05, 3.63) is 206 Å². The summed E-state index contributed by atoms with van der Waals surface area (Å²) in [7, 11) is 0. The molecule has 0 radical (unpaired) electrons. The van der Waals surface area contributed by atoms with Crippen molar-refractivity contribution in [2.24, 2.45) is 0 Å². The zero-order valence-corrected chi connectivity index (χ0v) is 32.2. The third kappa shape index (κ3) is 4.99. The predicted octanol–water partition coefficient (Wildman–Crippen LogP) is 15.9. The Balaban J connectivity index is 1.09. The molecule has 0 aliphatic carbocycles. The standard InChI is InChI=1S/C54H34N2OS/c1-3-15-35(16-4-1)40-22-12-25-45-46-26-14-29-49(54(46)58-53(40)45)55(48-28-13-24-44-42-20-8-10-30-50(42)57-52(44)48)38-33-31-36(32-34-38)39-21-11-23-43-41-19-7-9-27-47(41)56(51(39)43)37-17-5-2-6-18-37/h1-34H. The van der Waals surface area contributed by atoms with E-state index in [0.717, 1.165) is 50.3 Å². The van der Waals surface area contributed by atoms with Crippen LogP contribution in [0, 0.1) is 0 Å². The first kappa shape index (κ1) is 32.8. The second-order valence-corrected chi connectivity index (χ2v) is 15.8. The van der Waals surface area contributed by atoms with Gasteiger partial charge in [-0.25, -0.2) is 0 Å². The summed E-state index contributed by atoms with van der Waals surface area (Å²) in [5.41, 5.74) is 13.3. The molecular formula is C54H34N2OS. The lowest BCUT2D eigenvalue weighted by atomic mass is 10.0. The fraction of sp³-hybridized carbons (Fsp3) is 0. The van der Waals surface area contributed by atoms with Gasteiger partial charge in [-0.3, -0.25) is 0 Å². The third-order valence-electron chi connectivity index (χ3n) is 11.6. The van der Waals surface area contributed by atoms with Gasteiger partial charge in [-0.1, -0.05) is 158 Å². The Hall–Kier alpha value is -7.40. The second-order valence-electron chi connectivity index (χ2n) is 14.8. The summed E-state index contributed by atoms with van der Waals surface area (Å²) in [5.74, 6) is 0. The molecule has 0 saturated heterocycles. The van der Waals surface area contributed by atoms with Crippen LogP contribution in [0.5, 0.6) is 0 Å². The van der Waals surface area contributed by atoms with Crippen molar-refractivity contribution in [1.82, 2.24) is 4.57 Å². The molecule has 9 aromatic carbocycles. The van der Waals surface area contributed by atoms with Crippen molar-refractivity contribution in [2.45, 2.75) is 0 Å². The van der Waals surface area contributed by atoms with E-state index in [4.69, 9.17) is 4.42 Å². The topological polar surface area (TPSA) is 21.3 Å². The molecule has 58 heavy (non-hydrogen) atoms. The van der Waals surface area contributed by atoms with E-state index in [1.54, 1.807) is 0 Å². The van der Waals surface area contributed by atoms with Crippen molar-refractivity contribution in [3.8, 4) is 27.9 Å². The summed E-state index contributed by atoms with van der Waals surface area (Å²) < 4.78 is 11.7. The predicted molar refractivity (Wildman–Crippen MR) is 247 cm³/mol. The van der Waals surface area contributed by atoms with E-state index in [-0.39, 0.29) is 0 Å². The van der Waals surface area contributed by atoms with Crippen LogP contribution in [0.25, 0.3) is 91.9 Å². The lowest BCUT2D eigenvalue weighted by Gasteiger charge is -2.26. The Labute approximate surface area is 338 Å². The van der Waals surface area contributed by atoms with Crippen LogP contribution in [0.15, 0.2) is 211 Å². The molecule has 0 aliphatic heterocycles. The Bertz CT molecular complexity index is 3500. The molecule has 12 aromatic rings. The number of nitrogens with zero attached hydrogens (tertiary/aromatic N) is 2. The summed E-state index contributed by atoms with van der Waals surface area (Å²) in [5, 5.41) is 7.22. The Morgan fingerprint density at radius 3 is 1.79 bits per heavy atom. The molecule has 0 spiro atoms. The van der Waals surface area contributed by atoms with E-state index in [2.05, 4.69) is 210 Å². The highest BCUT2D eigenvalue weighted by Crippen LogP contribution is 2.49. The molecule has 3 nitrogen and oxygen atoms in total. The number of benzene rings is 9. The highest BCUT2D eigenvalue weighted by atomic mass is 32.1. The molecule has 272 valence electrons. The maximum atomic E-state index is 6.74. The van der Waals surface area contributed by atoms with Gasteiger partial charge in [0.2, 0.25) is 0 Å². The summed E-state index contributed by atoms with van der Waals surface area (Å²) in [4.78, 5) is 2.40. The molecule has 0 fully saturated rings. The van der Waals surface area contributed by atoms with Gasteiger partial charge in [-0.2, -0.15) is 0 Å². The van der Waals surface area contributed by atoms with Gasteiger partial charge < -0.3 is 13.9 Å². The fourth-order valence-corrected chi connectivity index (χ4v) is 10.4. The lowest BCUT2D eigenvalue weighted by molar-refractivity contribution is 0.669. The number of hydrogen-bond donors (Lipinski definition) is 0. The highest BCUT2D eigenvalue weighted by Gasteiger charge is 2.24. The molecule has 12 rings (SSSR count). The molecule has 3 heterocycles. The average Bonchev–Trinajstić information content (AvgIpc) is 3.98. The summed E-state index contributed by atoms with van der Waals surface area (Å²) in [6, 6.07) is 74.2. The van der Waals surface area contributed by atoms with Gasteiger partial charge in [0.25, 0.3) is 0 Å². The first-order chi connectivity index (χ1) is 28.8. The van der Waals surface area contributed by atoms with Crippen LogP contribution in [-0.2, 0) is 0 Å². The number of rotatable bonds is 6. The van der Waals surface area contributed by atoms with E-state index in [1.807, 2.05) is 17.4 Å². The van der Waals surface area contributed by atoms with E-state index in [0.29, 0.717) is 0 Å². The summed E-state index contributed by atoms with van der Waals surface area (Å²) in [6.07, 6.45) is 0. The van der Waals surface area contributed by atoms with Gasteiger partial charge in [0.05, 0.1) is 27.1 Å². The maximum absolute atomic E-state index is 6.74. The number of aromatic nitrogens is 1. The maximum Gasteiger partial charge on any atom is 0.159 e. The third-order valence-corrected chi connectivity index (χ3v) is 12.9. The van der Waals surface area contributed by atoms with Gasteiger partial charge >= 0.3 is 0 Å². The summed E-state index contributed by atoms with van der Waals surface area (Å²) in [6.45, 7) is 0. The first-order valence-electron chi connectivity index (χ1n) is 19.7. The largest absolute Gasteiger partial charge is 0.454 e. The van der Waals surface area contributed by atoms with E-state index in [9.17, 15) is 0 Å². The molecule has 0 atom stereocenters. The van der Waals surface area contributed by atoms with Crippen LogP contribution in [0.3, 0.4) is 0 Å². The Morgan fingerprint density at radius 1 is 0.397 bits per heavy atom. The number of furan rings is 1. The molecule has 4 heteroatoms. The Kier molecular flexibility index (Phi) is 7.40. The van der Waals surface area contributed by atoms with Crippen LogP contribution in [0.4, 0.5) is 17.1 Å². The molecule has 0 unspecified atom stereocenters. The number of thiophene rings is 1. The van der Waals surface area contributed by atoms with Gasteiger partial charge in [-0.05, 0) is 65.2 Å². The van der Waals surface area contributed by atoms with Gasteiger partial charge in [0.15, 0.2) is 5.58 Å². The van der Waals surface area contributed by atoms with Crippen LogP contribution in [0.1, 0.15) is 0 Å². The molecule has 0 saturated carbocycles. The van der Waals surface area contributed by atoms with E-state index in [1.165, 1.54) is 58.7 Å². The van der Waals surface area contributed by atoms with E-state index < -0.39 is 0 Å². The monoisotopic (exact) mass is 758 g/mol. The van der Waals surface area contributed by atoms with Crippen molar-refractivity contribution in [1.29, 1.82) is 0 Å². The summed E-state index contributed by atoms with van der Waals surface area (Å²) >= 11 is 1.87. The molecule has 3 aromatic heterocycles. The minimum absolute atomic E-state index is 0.869. The van der Waals surface area contributed by atoms with Crippen LogP contribution in [-0.4, -0.2) is 4.57 Å². The zero-order valence-electron chi connectivity index (χ0n) is 31.3. The van der Waals surface area contributed by atoms with Crippen LogP contribution in [0.2, 0.25) is 0 Å². The van der Waals surface area contributed by atoms with Crippen LogP contribution >= 0.6 is 11.3 Å². The molecule has 0 aliphatic rings. The van der Waals surface area contributed by atoms with Crippen LogP contribution < -0.4 is 4.90 Å². The molecule has 0 N–H and O–H groups in total. The van der Waals surface area contributed by atoms with Gasteiger partial charge in [0.1, 0.15) is 5.58 Å². The number of para-hydroxylation sites is 5. The SMILES string of the molecule is c1ccc(-c2cccc3c2sc2c(N(c4ccc(-c5cccc6c7ccccc7n(-c7ccccc7)c56)cc4)c4cccc5c4oc4ccccc45)cccc23)cc1. The van der Waals surface area contributed by atoms with E-state index >= 15 is 0 Å². The highest BCUT2D eigenvalue weighted by molar-refractivity contribution is 7.27. The quantitative estimate of drug-likeness (QED) is 0.168. The number of anilines is 3. The number of hydrogen-bond acceptors (Lipinski definition) is 3. The van der Waals surface area contributed by atoms with Crippen molar-refractivity contribution >= 4 is 92.3 Å². The van der Waals surface area contributed by atoms with Gasteiger partial charge in [-0.15, -0.1) is 11.3 Å². The number of fused-ring (bicyclic) bond motifs is 9. The van der Waals surface area contributed by atoms with Gasteiger partial charge in [0, 0.05) is 54.0 Å². The zero-order chi connectivity index (χ0) is 38.2. The second kappa shape index (κ2) is 13.1. The van der Waals surface area contributed by atoms with Crippen molar-refractivity contribution in [2.75, 3.05) is 4.90 Å². The first-order valence-corrected chi connectivity index (χ1v) is 20.5. The molecular weight excluding hydrogens is 725 g/mol. The minimum atomic E-state index is 0.869. The average molecular weight is 759 g/mol. The molecule has 0 bridgehead atoms. The minimum Gasteiger partial charge on any atom is -0.454 e. The van der Waals surface area contributed by atoms with Crippen molar-refractivity contribution in [3.63, 3.8) is 0 Å². The smallest absolute Gasteiger partial charge is 0.159 e.